The monoisotopic (exact) mass is 528 g/mol. The van der Waals surface area contributed by atoms with Crippen molar-refractivity contribution < 1.29 is 29.1 Å². The van der Waals surface area contributed by atoms with Crippen LogP contribution in [0.25, 0.3) is 0 Å². The first-order valence-electron chi connectivity index (χ1n) is 11.7. The van der Waals surface area contributed by atoms with E-state index in [1.807, 2.05) is 6.07 Å². The minimum Gasteiger partial charge on any atom is -0.481 e. The standard InChI is InChI=1S/C26H32N4O6S/c1-17(15-37)28-25(35)22(13-24(33)34)30-26(36)21(11-18-5-3-2-4-6-18)29-23(32)12-19-7-9-20(10-8-19)14-27-16-31/h2-10,16-17,21-22,37H,11-15H2,1H3,(H,27,31)(H,28,35)(H,29,32)(H,30,36)(H,33,34)/t17-,21?,22+/m1/s1. The van der Waals surface area contributed by atoms with Crippen LogP contribution < -0.4 is 21.3 Å². The summed E-state index contributed by atoms with van der Waals surface area (Å²) in [6.07, 6.45) is 0.126. The van der Waals surface area contributed by atoms with Gasteiger partial charge in [0.1, 0.15) is 12.1 Å². The van der Waals surface area contributed by atoms with Crippen molar-refractivity contribution in [3.8, 4) is 0 Å². The lowest BCUT2D eigenvalue weighted by molar-refractivity contribution is -0.141. The molecule has 0 saturated carbocycles. The predicted molar refractivity (Wildman–Crippen MR) is 141 cm³/mol. The van der Waals surface area contributed by atoms with Gasteiger partial charge in [0.15, 0.2) is 0 Å². The molecule has 2 aromatic rings. The van der Waals surface area contributed by atoms with E-state index in [1.165, 1.54) is 0 Å². The molecule has 0 aliphatic rings. The van der Waals surface area contributed by atoms with E-state index in [0.717, 1.165) is 11.1 Å². The molecule has 2 aromatic carbocycles. The molecule has 0 radical (unpaired) electrons. The van der Waals surface area contributed by atoms with Gasteiger partial charge in [0.2, 0.25) is 24.1 Å². The highest BCUT2D eigenvalue weighted by Gasteiger charge is 2.29. The van der Waals surface area contributed by atoms with Gasteiger partial charge >= 0.3 is 5.97 Å². The summed E-state index contributed by atoms with van der Waals surface area (Å²) in [5.41, 5.74) is 2.35. The fourth-order valence-electron chi connectivity index (χ4n) is 3.47. The van der Waals surface area contributed by atoms with E-state index in [-0.39, 0.29) is 18.9 Å². The number of amides is 4. The summed E-state index contributed by atoms with van der Waals surface area (Å²) in [5, 5.41) is 19.6. The minimum absolute atomic E-state index is 0.00153. The van der Waals surface area contributed by atoms with E-state index in [4.69, 9.17) is 0 Å². The molecule has 11 heteroatoms. The Kier molecular flexibility index (Phi) is 12.1. The smallest absolute Gasteiger partial charge is 0.305 e. The van der Waals surface area contributed by atoms with Gasteiger partial charge < -0.3 is 26.4 Å². The normalized spacial score (nSPS) is 12.9. The number of hydrogen-bond acceptors (Lipinski definition) is 6. The predicted octanol–water partition coefficient (Wildman–Crippen LogP) is 0.597. The molecule has 0 saturated heterocycles. The molecular formula is C26H32N4O6S. The van der Waals surface area contributed by atoms with Crippen LogP contribution in [0.3, 0.4) is 0 Å². The van der Waals surface area contributed by atoms with Gasteiger partial charge in [-0.2, -0.15) is 12.6 Å². The van der Waals surface area contributed by atoms with Crippen LogP contribution in [-0.4, -0.2) is 59.1 Å². The number of carbonyl (C=O) groups excluding carboxylic acids is 4. The van der Waals surface area contributed by atoms with Crippen LogP contribution >= 0.6 is 12.6 Å². The average molecular weight is 529 g/mol. The number of carboxylic acid groups (broad SMARTS) is 1. The van der Waals surface area contributed by atoms with Crippen LogP contribution in [-0.2, 0) is 43.4 Å². The lowest BCUT2D eigenvalue weighted by atomic mass is 10.0. The van der Waals surface area contributed by atoms with Gasteiger partial charge in [-0.15, -0.1) is 0 Å². The van der Waals surface area contributed by atoms with E-state index in [1.54, 1.807) is 55.5 Å². The number of hydrogen-bond donors (Lipinski definition) is 6. The Morgan fingerprint density at radius 3 is 2.08 bits per heavy atom. The SMILES string of the molecule is C[C@H](CS)NC(=O)[C@H](CC(=O)O)NC(=O)C(Cc1ccccc1)NC(=O)Cc1ccc(CNC=O)cc1. The number of carboxylic acids is 1. The first kappa shape index (κ1) is 29.4. The molecule has 10 nitrogen and oxygen atoms in total. The molecule has 198 valence electrons. The largest absolute Gasteiger partial charge is 0.481 e. The number of nitrogens with one attached hydrogen (secondary N) is 4. The van der Waals surface area contributed by atoms with Gasteiger partial charge in [0.25, 0.3) is 0 Å². The highest BCUT2D eigenvalue weighted by Crippen LogP contribution is 2.08. The third-order valence-corrected chi connectivity index (χ3v) is 5.93. The van der Waals surface area contributed by atoms with Gasteiger partial charge in [-0.3, -0.25) is 24.0 Å². The van der Waals surface area contributed by atoms with Crippen LogP contribution in [0.15, 0.2) is 54.6 Å². The van der Waals surface area contributed by atoms with Gasteiger partial charge in [0.05, 0.1) is 12.8 Å². The Morgan fingerprint density at radius 1 is 0.865 bits per heavy atom. The van der Waals surface area contributed by atoms with E-state index in [0.29, 0.717) is 24.3 Å². The van der Waals surface area contributed by atoms with Gasteiger partial charge in [-0.25, -0.2) is 0 Å². The van der Waals surface area contributed by atoms with Crippen LogP contribution in [0.5, 0.6) is 0 Å². The fraction of sp³-hybridized carbons (Fsp3) is 0.346. The number of rotatable bonds is 15. The first-order chi connectivity index (χ1) is 17.7. The second-order valence-corrected chi connectivity index (χ2v) is 8.92. The van der Waals surface area contributed by atoms with Gasteiger partial charge in [0, 0.05) is 24.8 Å². The highest BCUT2D eigenvalue weighted by atomic mass is 32.1. The fourth-order valence-corrected chi connectivity index (χ4v) is 3.56. The van der Waals surface area contributed by atoms with Crippen molar-refractivity contribution in [2.75, 3.05) is 5.75 Å². The van der Waals surface area contributed by atoms with Crippen LogP contribution in [0.1, 0.15) is 30.0 Å². The summed E-state index contributed by atoms with van der Waals surface area (Å²) in [5.74, 6) is -2.66. The Bertz CT molecular complexity index is 1060. The summed E-state index contributed by atoms with van der Waals surface area (Å²) in [7, 11) is 0. The van der Waals surface area contributed by atoms with E-state index >= 15 is 0 Å². The summed E-state index contributed by atoms with van der Waals surface area (Å²) in [4.78, 5) is 60.4. The third-order valence-electron chi connectivity index (χ3n) is 5.39. The molecule has 3 atom stereocenters. The maximum atomic E-state index is 13.2. The number of thiol groups is 1. The van der Waals surface area contributed by atoms with Crippen LogP contribution in [0.4, 0.5) is 0 Å². The van der Waals surface area contributed by atoms with Crippen molar-refractivity contribution in [1.82, 2.24) is 21.3 Å². The summed E-state index contributed by atoms with van der Waals surface area (Å²) in [6, 6.07) is 13.4. The lowest BCUT2D eigenvalue weighted by Crippen LogP contribution is -2.56. The second kappa shape index (κ2) is 15.3. The molecule has 4 amide bonds. The Labute approximate surface area is 221 Å². The molecule has 0 aromatic heterocycles. The van der Waals surface area contributed by atoms with Crippen molar-refractivity contribution in [3.05, 3.63) is 71.3 Å². The third kappa shape index (κ3) is 10.7. The molecular weight excluding hydrogens is 496 g/mol. The molecule has 5 N–H and O–H groups in total. The van der Waals surface area contributed by atoms with Crippen LogP contribution in [0, 0.1) is 0 Å². The zero-order valence-corrected chi connectivity index (χ0v) is 21.4. The Balaban J connectivity index is 2.14. The summed E-state index contributed by atoms with van der Waals surface area (Å²) < 4.78 is 0. The molecule has 0 fully saturated rings. The topological polar surface area (TPSA) is 154 Å². The number of carbonyl (C=O) groups is 5. The number of benzene rings is 2. The van der Waals surface area contributed by atoms with Crippen molar-refractivity contribution in [3.63, 3.8) is 0 Å². The first-order valence-corrected chi connectivity index (χ1v) is 12.4. The summed E-state index contributed by atoms with van der Waals surface area (Å²) in [6.45, 7) is 2.07. The lowest BCUT2D eigenvalue weighted by Gasteiger charge is -2.23. The van der Waals surface area contributed by atoms with Crippen molar-refractivity contribution in [2.45, 2.75) is 50.9 Å². The van der Waals surface area contributed by atoms with Crippen LogP contribution in [0.2, 0.25) is 0 Å². The highest BCUT2D eigenvalue weighted by molar-refractivity contribution is 7.80. The Hall–Kier alpha value is -3.86. The van der Waals surface area contributed by atoms with Gasteiger partial charge in [-0.1, -0.05) is 54.6 Å². The molecule has 0 heterocycles. The minimum atomic E-state index is -1.32. The zero-order valence-electron chi connectivity index (χ0n) is 20.5. The molecule has 37 heavy (non-hydrogen) atoms. The maximum Gasteiger partial charge on any atom is 0.305 e. The molecule has 1 unspecified atom stereocenters. The average Bonchev–Trinajstić information content (AvgIpc) is 2.87. The molecule has 0 aliphatic heterocycles. The van der Waals surface area contributed by atoms with Crippen molar-refractivity contribution >= 4 is 42.7 Å². The van der Waals surface area contributed by atoms with E-state index < -0.39 is 42.2 Å². The molecule has 0 bridgehead atoms. The molecule has 0 aliphatic carbocycles. The summed E-state index contributed by atoms with van der Waals surface area (Å²) >= 11 is 4.10. The van der Waals surface area contributed by atoms with Crippen molar-refractivity contribution in [2.24, 2.45) is 0 Å². The second-order valence-electron chi connectivity index (χ2n) is 8.55. The molecule has 0 spiro atoms. The van der Waals surface area contributed by atoms with Gasteiger partial charge in [-0.05, 0) is 23.6 Å². The number of aliphatic carboxylic acids is 1. The zero-order chi connectivity index (χ0) is 27.2. The Morgan fingerprint density at radius 2 is 1.49 bits per heavy atom. The maximum absolute atomic E-state index is 13.2. The van der Waals surface area contributed by atoms with Crippen molar-refractivity contribution in [1.29, 1.82) is 0 Å². The van der Waals surface area contributed by atoms with E-state index in [9.17, 15) is 29.1 Å². The quantitative estimate of drug-likeness (QED) is 0.147. The van der Waals surface area contributed by atoms with E-state index in [2.05, 4.69) is 33.9 Å². The molecule has 2 rings (SSSR count).